The quantitative estimate of drug-likeness (QED) is 0.829. The molecule has 6 heteroatoms. The van der Waals surface area contributed by atoms with E-state index < -0.39 is 0 Å². The summed E-state index contributed by atoms with van der Waals surface area (Å²) in [7, 11) is 8.27. The Morgan fingerprint density at radius 3 is 2.44 bits per heavy atom. The topological polar surface area (TPSA) is 44.6 Å². The minimum absolute atomic E-state index is 0.0396. The van der Waals surface area contributed by atoms with Crippen LogP contribution in [0.4, 0.5) is 0 Å². The maximum Gasteiger partial charge on any atom is 0.274 e. The van der Waals surface area contributed by atoms with E-state index in [1.807, 2.05) is 43.3 Å². The Hall–Kier alpha value is -1.92. The fourth-order valence-corrected chi connectivity index (χ4v) is 4.58. The Bertz CT molecular complexity index is 784. The number of aromatic nitrogens is 2. The molecule has 0 spiro atoms. The normalized spacial score (nSPS) is 27.6. The summed E-state index contributed by atoms with van der Waals surface area (Å²) in [6.07, 6.45) is 2.06. The molecule has 0 N–H and O–H groups in total. The van der Waals surface area contributed by atoms with Crippen LogP contribution in [0.2, 0.25) is 0 Å². The minimum atomic E-state index is 0.0396. The van der Waals surface area contributed by atoms with E-state index in [-0.39, 0.29) is 11.9 Å². The molecule has 3 heterocycles. The molecule has 1 amide bonds. The standard InChI is InChI=1S/C19H27N5O/c1-21-11-14-9-13(10-15(12-21)22(14)2)23(3)19(25)18-16-7-5-6-8-17(16)24(4)20-18/h5-8,13-15H,9-12H2,1-4H3. The largest absolute Gasteiger partial charge is 0.337 e. The number of nitrogens with zero attached hydrogens (tertiary/aromatic N) is 5. The molecule has 2 aromatic rings. The average molecular weight is 341 g/mol. The van der Waals surface area contributed by atoms with Crippen molar-refractivity contribution in [2.24, 2.45) is 7.05 Å². The molecule has 2 bridgehead atoms. The number of amides is 1. The van der Waals surface area contributed by atoms with Gasteiger partial charge >= 0.3 is 0 Å². The maximum atomic E-state index is 13.2. The summed E-state index contributed by atoms with van der Waals surface area (Å²) in [6, 6.07) is 9.29. The highest BCUT2D eigenvalue weighted by molar-refractivity contribution is 6.04. The van der Waals surface area contributed by atoms with Crippen LogP contribution in [0.1, 0.15) is 23.3 Å². The number of para-hydroxylation sites is 1. The first-order valence-electron chi connectivity index (χ1n) is 9.05. The van der Waals surface area contributed by atoms with Crippen LogP contribution in [0.3, 0.4) is 0 Å². The molecule has 2 aliphatic heterocycles. The van der Waals surface area contributed by atoms with Gasteiger partial charge in [0.05, 0.1) is 5.52 Å². The van der Waals surface area contributed by atoms with Gasteiger partial charge in [-0.3, -0.25) is 14.4 Å². The van der Waals surface area contributed by atoms with Gasteiger partial charge in [-0.1, -0.05) is 18.2 Å². The van der Waals surface area contributed by atoms with Gasteiger partial charge in [0.2, 0.25) is 0 Å². The smallest absolute Gasteiger partial charge is 0.274 e. The van der Waals surface area contributed by atoms with Gasteiger partial charge in [-0.15, -0.1) is 0 Å². The molecule has 2 fully saturated rings. The predicted octanol–water partition coefficient (Wildman–Crippen LogP) is 1.42. The van der Waals surface area contributed by atoms with E-state index in [1.54, 1.807) is 4.68 Å². The van der Waals surface area contributed by atoms with E-state index in [9.17, 15) is 4.79 Å². The van der Waals surface area contributed by atoms with E-state index >= 15 is 0 Å². The zero-order valence-electron chi connectivity index (χ0n) is 15.5. The van der Waals surface area contributed by atoms with Crippen molar-refractivity contribution in [1.82, 2.24) is 24.5 Å². The third-order valence-corrected chi connectivity index (χ3v) is 6.11. The molecule has 25 heavy (non-hydrogen) atoms. The number of piperidine rings is 1. The van der Waals surface area contributed by atoms with E-state index in [0.29, 0.717) is 17.8 Å². The number of rotatable bonds is 2. The first kappa shape index (κ1) is 16.5. The van der Waals surface area contributed by atoms with Gasteiger partial charge in [0.1, 0.15) is 0 Å². The number of likely N-dealkylation sites (N-methyl/N-ethyl adjacent to an activating group) is 2. The molecule has 1 aromatic heterocycles. The zero-order chi connectivity index (χ0) is 17.7. The van der Waals surface area contributed by atoms with Crippen LogP contribution in [-0.2, 0) is 7.05 Å². The lowest BCUT2D eigenvalue weighted by Crippen LogP contribution is -2.63. The lowest BCUT2D eigenvalue weighted by Gasteiger charge is -2.51. The number of hydrogen-bond donors (Lipinski definition) is 0. The predicted molar refractivity (Wildman–Crippen MR) is 98.7 cm³/mol. The van der Waals surface area contributed by atoms with Crippen LogP contribution in [0.5, 0.6) is 0 Å². The van der Waals surface area contributed by atoms with Crippen molar-refractivity contribution in [3.8, 4) is 0 Å². The lowest BCUT2D eigenvalue weighted by atomic mass is 9.87. The summed E-state index contributed by atoms with van der Waals surface area (Å²) >= 11 is 0. The van der Waals surface area contributed by atoms with Gasteiger partial charge < -0.3 is 9.80 Å². The van der Waals surface area contributed by atoms with E-state index in [0.717, 1.165) is 36.8 Å². The summed E-state index contributed by atoms with van der Waals surface area (Å²) in [5, 5.41) is 5.45. The summed E-state index contributed by atoms with van der Waals surface area (Å²) < 4.78 is 1.80. The number of hydrogen-bond acceptors (Lipinski definition) is 4. The molecule has 1 aromatic carbocycles. The van der Waals surface area contributed by atoms with Crippen LogP contribution < -0.4 is 0 Å². The first-order valence-corrected chi connectivity index (χ1v) is 9.05. The van der Waals surface area contributed by atoms with E-state index in [2.05, 4.69) is 29.0 Å². The highest BCUT2D eigenvalue weighted by Gasteiger charge is 2.40. The van der Waals surface area contributed by atoms with Crippen LogP contribution >= 0.6 is 0 Å². The van der Waals surface area contributed by atoms with Crippen molar-refractivity contribution in [3.05, 3.63) is 30.0 Å². The van der Waals surface area contributed by atoms with Gasteiger partial charge in [-0.05, 0) is 33.0 Å². The number of likely N-dealkylation sites (tertiary alicyclic amines) is 1. The van der Waals surface area contributed by atoms with E-state index in [4.69, 9.17) is 0 Å². The molecule has 2 unspecified atom stereocenters. The van der Waals surface area contributed by atoms with Crippen molar-refractivity contribution in [2.45, 2.75) is 31.0 Å². The lowest BCUT2D eigenvalue weighted by molar-refractivity contribution is -0.0119. The molecule has 0 aliphatic carbocycles. The number of benzene rings is 1. The molecule has 6 nitrogen and oxygen atoms in total. The van der Waals surface area contributed by atoms with Gasteiger partial charge in [0.25, 0.3) is 5.91 Å². The third-order valence-electron chi connectivity index (χ3n) is 6.11. The SMILES string of the molecule is CN1CC2CC(N(C)C(=O)c3nn(C)c4ccccc34)CC(C1)N2C. The minimum Gasteiger partial charge on any atom is -0.337 e. The number of carbonyl (C=O) groups is 1. The Labute approximate surface area is 149 Å². The van der Waals surface area contributed by atoms with Crippen molar-refractivity contribution in [3.63, 3.8) is 0 Å². The van der Waals surface area contributed by atoms with Crippen molar-refractivity contribution in [1.29, 1.82) is 0 Å². The number of aryl methyl sites for hydroxylation is 1. The molecule has 0 saturated carbocycles. The van der Waals surface area contributed by atoms with Gasteiger partial charge in [-0.25, -0.2) is 0 Å². The van der Waals surface area contributed by atoms with Crippen molar-refractivity contribution < 1.29 is 4.79 Å². The van der Waals surface area contributed by atoms with Crippen molar-refractivity contribution in [2.75, 3.05) is 34.2 Å². The van der Waals surface area contributed by atoms with Crippen molar-refractivity contribution >= 4 is 16.8 Å². The molecular weight excluding hydrogens is 314 g/mol. The number of fused-ring (bicyclic) bond motifs is 3. The van der Waals surface area contributed by atoms with Gasteiger partial charge in [0.15, 0.2) is 5.69 Å². The molecule has 0 radical (unpaired) electrons. The zero-order valence-corrected chi connectivity index (χ0v) is 15.5. The number of carbonyl (C=O) groups excluding carboxylic acids is 1. The van der Waals surface area contributed by atoms with Crippen LogP contribution in [-0.4, -0.2) is 82.7 Å². The Kier molecular flexibility index (Phi) is 4.04. The molecule has 4 rings (SSSR count). The monoisotopic (exact) mass is 341 g/mol. The average Bonchev–Trinajstić information content (AvgIpc) is 2.92. The molecule has 2 saturated heterocycles. The van der Waals surface area contributed by atoms with Crippen LogP contribution in [0.15, 0.2) is 24.3 Å². The summed E-state index contributed by atoms with van der Waals surface area (Å²) in [5.41, 5.74) is 1.57. The van der Waals surface area contributed by atoms with Crippen LogP contribution in [0, 0.1) is 0 Å². The fraction of sp³-hybridized carbons (Fsp3) is 0.579. The second kappa shape index (κ2) is 6.11. The second-order valence-electron chi connectivity index (χ2n) is 7.72. The summed E-state index contributed by atoms with van der Waals surface area (Å²) in [5.74, 6) is 0.0396. The fourth-order valence-electron chi connectivity index (χ4n) is 4.58. The first-order chi connectivity index (χ1) is 12.0. The Morgan fingerprint density at radius 2 is 1.76 bits per heavy atom. The number of piperazine rings is 1. The van der Waals surface area contributed by atoms with Gasteiger partial charge in [0, 0.05) is 50.7 Å². The van der Waals surface area contributed by atoms with E-state index in [1.165, 1.54) is 0 Å². The molecule has 2 aliphatic rings. The molecule has 134 valence electrons. The Morgan fingerprint density at radius 1 is 1.12 bits per heavy atom. The molecular formula is C19H27N5O. The summed E-state index contributed by atoms with van der Waals surface area (Å²) in [6.45, 7) is 2.16. The summed E-state index contributed by atoms with van der Waals surface area (Å²) in [4.78, 5) is 20.0. The van der Waals surface area contributed by atoms with Crippen LogP contribution in [0.25, 0.3) is 10.9 Å². The third kappa shape index (κ3) is 2.73. The second-order valence-corrected chi connectivity index (χ2v) is 7.72. The molecule has 2 atom stereocenters. The maximum absolute atomic E-state index is 13.2. The Balaban J connectivity index is 1.58. The van der Waals surface area contributed by atoms with Gasteiger partial charge in [-0.2, -0.15) is 5.10 Å². The highest BCUT2D eigenvalue weighted by Crippen LogP contribution is 2.30. The highest BCUT2D eigenvalue weighted by atomic mass is 16.2.